The molecule has 0 radical (unpaired) electrons. The van der Waals surface area contributed by atoms with Crippen molar-refractivity contribution in [3.05, 3.63) is 42.0 Å². The molecule has 0 fully saturated rings. The Bertz CT molecular complexity index is 649. The van der Waals surface area contributed by atoms with E-state index in [0.29, 0.717) is 13.0 Å². The summed E-state index contributed by atoms with van der Waals surface area (Å²) in [6.07, 6.45) is 2.28. The number of fused-ring (bicyclic) bond motifs is 1. The van der Waals surface area contributed by atoms with Crippen LogP contribution in [0.25, 0.3) is 0 Å². The average Bonchev–Trinajstić information content (AvgIpc) is 2.94. The molecule has 3 rings (SSSR count). The quantitative estimate of drug-likeness (QED) is 0.790. The van der Waals surface area contributed by atoms with Crippen LogP contribution in [0.5, 0.6) is 0 Å². The monoisotopic (exact) mass is 285 g/mol. The second-order valence-electron chi connectivity index (χ2n) is 5.40. The van der Waals surface area contributed by atoms with Crippen LogP contribution < -0.4 is 15.5 Å². The Morgan fingerprint density at radius 1 is 1.43 bits per heavy atom. The van der Waals surface area contributed by atoms with Gasteiger partial charge in [0.2, 0.25) is 5.91 Å². The van der Waals surface area contributed by atoms with Crippen molar-refractivity contribution < 1.29 is 4.79 Å². The Kier molecular flexibility index (Phi) is 3.62. The first-order valence-electron chi connectivity index (χ1n) is 6.96. The van der Waals surface area contributed by atoms with Gasteiger partial charge in [-0.15, -0.1) is 0 Å². The molecule has 6 heteroatoms. The summed E-state index contributed by atoms with van der Waals surface area (Å²) < 4.78 is 0. The predicted octanol–water partition coefficient (Wildman–Crippen LogP) is 1.13. The van der Waals surface area contributed by atoms with Gasteiger partial charge in [-0.3, -0.25) is 10.1 Å². The van der Waals surface area contributed by atoms with E-state index in [1.54, 1.807) is 6.33 Å². The molecule has 0 saturated carbocycles. The zero-order valence-electron chi connectivity index (χ0n) is 12.2. The molecule has 1 amide bonds. The van der Waals surface area contributed by atoms with Crippen molar-refractivity contribution in [2.45, 2.75) is 19.0 Å². The van der Waals surface area contributed by atoms with Crippen LogP contribution in [0.3, 0.4) is 0 Å². The SMILES string of the molecule is CN(C)c1cccc(NC(=O)C2Cc3nc[nH]c3CN2)c1. The summed E-state index contributed by atoms with van der Waals surface area (Å²) in [5.74, 6) is -0.0282. The summed E-state index contributed by atoms with van der Waals surface area (Å²) in [6, 6.07) is 7.55. The van der Waals surface area contributed by atoms with Crippen LogP contribution in [0.2, 0.25) is 0 Å². The van der Waals surface area contributed by atoms with Gasteiger partial charge in [0.25, 0.3) is 0 Å². The fourth-order valence-electron chi connectivity index (χ4n) is 2.45. The van der Waals surface area contributed by atoms with Crippen molar-refractivity contribution in [1.82, 2.24) is 15.3 Å². The molecule has 110 valence electrons. The van der Waals surface area contributed by atoms with E-state index in [4.69, 9.17) is 0 Å². The number of aromatic amines is 1. The fourth-order valence-corrected chi connectivity index (χ4v) is 2.45. The Morgan fingerprint density at radius 2 is 2.29 bits per heavy atom. The highest BCUT2D eigenvalue weighted by Gasteiger charge is 2.25. The molecule has 21 heavy (non-hydrogen) atoms. The van der Waals surface area contributed by atoms with Gasteiger partial charge in [-0.2, -0.15) is 0 Å². The number of aromatic nitrogens is 2. The first kappa shape index (κ1) is 13.6. The number of rotatable bonds is 3. The van der Waals surface area contributed by atoms with Gasteiger partial charge in [-0.05, 0) is 18.2 Å². The van der Waals surface area contributed by atoms with Crippen molar-refractivity contribution in [1.29, 1.82) is 0 Å². The van der Waals surface area contributed by atoms with Crippen LogP contribution >= 0.6 is 0 Å². The van der Waals surface area contributed by atoms with E-state index in [-0.39, 0.29) is 11.9 Å². The van der Waals surface area contributed by atoms with Gasteiger partial charge in [0.05, 0.1) is 23.8 Å². The predicted molar refractivity (Wildman–Crippen MR) is 82.3 cm³/mol. The lowest BCUT2D eigenvalue weighted by Gasteiger charge is -2.22. The van der Waals surface area contributed by atoms with Gasteiger partial charge in [-0.1, -0.05) is 6.07 Å². The van der Waals surface area contributed by atoms with Crippen molar-refractivity contribution in [3.63, 3.8) is 0 Å². The Hall–Kier alpha value is -2.34. The largest absolute Gasteiger partial charge is 0.378 e. The van der Waals surface area contributed by atoms with E-state index < -0.39 is 0 Å². The molecule has 0 saturated heterocycles. The van der Waals surface area contributed by atoms with Crippen molar-refractivity contribution in [2.24, 2.45) is 0 Å². The molecule has 0 bridgehead atoms. The van der Waals surface area contributed by atoms with Crippen LogP contribution in [0.15, 0.2) is 30.6 Å². The van der Waals surface area contributed by atoms with Gasteiger partial charge < -0.3 is 15.2 Å². The standard InChI is InChI=1S/C15H19N5O/c1-20(2)11-5-3-4-10(6-11)19-15(21)13-7-12-14(8-16-13)18-9-17-12/h3-6,9,13,16H,7-8H2,1-2H3,(H,17,18)(H,19,21). The number of hydrogen-bond acceptors (Lipinski definition) is 4. The fraction of sp³-hybridized carbons (Fsp3) is 0.333. The number of H-pyrrole nitrogens is 1. The van der Waals surface area contributed by atoms with E-state index in [1.165, 1.54) is 0 Å². The third-order valence-corrected chi connectivity index (χ3v) is 3.68. The molecule has 0 spiro atoms. The topological polar surface area (TPSA) is 73.0 Å². The molecule has 0 aliphatic carbocycles. The third kappa shape index (κ3) is 2.90. The molecular formula is C15H19N5O. The number of benzene rings is 1. The minimum Gasteiger partial charge on any atom is -0.378 e. The number of anilines is 2. The summed E-state index contributed by atoms with van der Waals surface area (Å²) in [5.41, 5.74) is 3.89. The molecule has 1 aliphatic rings. The minimum absolute atomic E-state index is 0.0282. The maximum atomic E-state index is 12.4. The van der Waals surface area contributed by atoms with Crippen molar-refractivity contribution >= 4 is 17.3 Å². The highest BCUT2D eigenvalue weighted by Crippen LogP contribution is 2.18. The number of nitrogens with one attached hydrogen (secondary N) is 3. The summed E-state index contributed by atoms with van der Waals surface area (Å²) in [6.45, 7) is 0.644. The highest BCUT2D eigenvalue weighted by molar-refractivity contribution is 5.95. The molecule has 2 heterocycles. The van der Waals surface area contributed by atoms with Crippen LogP contribution in [-0.4, -0.2) is 36.0 Å². The van der Waals surface area contributed by atoms with Crippen LogP contribution in [0.4, 0.5) is 11.4 Å². The lowest BCUT2D eigenvalue weighted by molar-refractivity contribution is -0.118. The zero-order valence-corrected chi connectivity index (χ0v) is 12.2. The van der Waals surface area contributed by atoms with Crippen LogP contribution in [-0.2, 0) is 17.8 Å². The molecule has 1 aliphatic heterocycles. The molecular weight excluding hydrogens is 266 g/mol. The number of carbonyl (C=O) groups is 1. The van der Waals surface area contributed by atoms with E-state index in [2.05, 4.69) is 20.6 Å². The Balaban J connectivity index is 1.68. The number of nitrogens with zero attached hydrogens (tertiary/aromatic N) is 2. The van der Waals surface area contributed by atoms with Crippen LogP contribution in [0.1, 0.15) is 11.4 Å². The third-order valence-electron chi connectivity index (χ3n) is 3.68. The average molecular weight is 285 g/mol. The summed E-state index contributed by atoms with van der Waals surface area (Å²) >= 11 is 0. The second-order valence-corrected chi connectivity index (χ2v) is 5.40. The summed E-state index contributed by atoms with van der Waals surface area (Å²) in [7, 11) is 3.95. The Labute approximate surface area is 123 Å². The van der Waals surface area contributed by atoms with Gasteiger partial charge in [-0.25, -0.2) is 4.98 Å². The van der Waals surface area contributed by atoms with Crippen LogP contribution in [0, 0.1) is 0 Å². The molecule has 6 nitrogen and oxygen atoms in total. The van der Waals surface area contributed by atoms with Gasteiger partial charge in [0.15, 0.2) is 0 Å². The second kappa shape index (κ2) is 5.57. The van der Waals surface area contributed by atoms with E-state index in [1.807, 2.05) is 43.3 Å². The first-order chi connectivity index (χ1) is 10.1. The lowest BCUT2D eigenvalue weighted by atomic mass is 10.0. The Morgan fingerprint density at radius 3 is 3.10 bits per heavy atom. The summed E-state index contributed by atoms with van der Waals surface area (Å²) in [5, 5.41) is 6.19. The van der Waals surface area contributed by atoms with E-state index in [9.17, 15) is 4.79 Å². The molecule has 1 aromatic carbocycles. The molecule has 1 aromatic heterocycles. The van der Waals surface area contributed by atoms with E-state index >= 15 is 0 Å². The maximum Gasteiger partial charge on any atom is 0.241 e. The number of imidazole rings is 1. The van der Waals surface area contributed by atoms with Crippen molar-refractivity contribution in [2.75, 3.05) is 24.3 Å². The van der Waals surface area contributed by atoms with Gasteiger partial charge in [0, 0.05) is 38.4 Å². The van der Waals surface area contributed by atoms with Gasteiger partial charge in [0.1, 0.15) is 0 Å². The molecule has 3 N–H and O–H groups in total. The number of carbonyl (C=O) groups excluding carboxylic acids is 1. The number of hydrogen-bond donors (Lipinski definition) is 3. The summed E-state index contributed by atoms with van der Waals surface area (Å²) in [4.78, 5) is 21.7. The molecule has 2 aromatic rings. The van der Waals surface area contributed by atoms with Crippen molar-refractivity contribution in [3.8, 4) is 0 Å². The molecule has 1 atom stereocenters. The minimum atomic E-state index is -0.246. The maximum absolute atomic E-state index is 12.4. The first-order valence-corrected chi connectivity index (χ1v) is 6.96. The number of amides is 1. The van der Waals surface area contributed by atoms with E-state index in [0.717, 1.165) is 22.8 Å². The highest BCUT2D eigenvalue weighted by atomic mass is 16.2. The normalized spacial score (nSPS) is 17.1. The zero-order chi connectivity index (χ0) is 14.8. The van der Waals surface area contributed by atoms with Gasteiger partial charge >= 0.3 is 0 Å². The lowest BCUT2D eigenvalue weighted by Crippen LogP contribution is -2.44. The smallest absolute Gasteiger partial charge is 0.241 e. The molecule has 1 unspecified atom stereocenters.